The topological polar surface area (TPSA) is 52.7 Å². The predicted octanol–water partition coefficient (Wildman–Crippen LogP) is 0.565. The van der Waals surface area contributed by atoms with Gasteiger partial charge in [0.15, 0.2) is 0 Å². The molecule has 1 N–H and O–H groups in total. The lowest BCUT2D eigenvalue weighted by atomic mass is 10.0. The van der Waals surface area contributed by atoms with Gasteiger partial charge in [-0.3, -0.25) is 14.6 Å². The van der Waals surface area contributed by atoms with Crippen molar-refractivity contribution in [2.75, 3.05) is 26.2 Å². The number of imide groups is 1. The summed E-state index contributed by atoms with van der Waals surface area (Å²) in [7, 11) is 0. The van der Waals surface area contributed by atoms with Crippen molar-refractivity contribution in [1.29, 1.82) is 0 Å². The van der Waals surface area contributed by atoms with Crippen molar-refractivity contribution in [3.63, 3.8) is 0 Å². The number of carbonyl (C=O) groups excluding carboxylic acids is 2. The van der Waals surface area contributed by atoms with Crippen molar-refractivity contribution < 1.29 is 22.8 Å². The number of alkyl halides is 3. The van der Waals surface area contributed by atoms with E-state index in [1.807, 2.05) is 0 Å². The average Bonchev–Trinajstić information content (AvgIpc) is 2.58. The number of amides is 3. The maximum Gasteiger partial charge on any atom is 0.401 e. The normalized spacial score (nSPS) is 23.6. The number of hydrogen-bond acceptors (Lipinski definition) is 3. The van der Waals surface area contributed by atoms with Crippen LogP contribution < -0.4 is 5.32 Å². The van der Waals surface area contributed by atoms with Crippen molar-refractivity contribution in [1.82, 2.24) is 15.1 Å². The molecule has 2 aliphatic rings. The molecule has 2 fully saturated rings. The molecule has 2 aliphatic heterocycles. The molecule has 0 spiro atoms. The summed E-state index contributed by atoms with van der Waals surface area (Å²) >= 11 is 0. The first-order valence-electron chi connectivity index (χ1n) is 5.76. The van der Waals surface area contributed by atoms with Crippen molar-refractivity contribution in [3.05, 3.63) is 0 Å². The van der Waals surface area contributed by atoms with Crippen LogP contribution in [0.1, 0.15) is 12.8 Å². The number of carbonyl (C=O) groups is 2. The van der Waals surface area contributed by atoms with Gasteiger partial charge in [0, 0.05) is 19.1 Å². The van der Waals surface area contributed by atoms with Crippen LogP contribution in [0.2, 0.25) is 0 Å². The minimum Gasteiger partial charge on any atom is -0.329 e. The maximum absolute atomic E-state index is 12.2. The first-order valence-corrected chi connectivity index (χ1v) is 5.76. The maximum atomic E-state index is 12.2. The highest BCUT2D eigenvalue weighted by molar-refractivity contribution is 6.02. The Morgan fingerprint density at radius 3 is 2.28 bits per heavy atom. The van der Waals surface area contributed by atoms with Gasteiger partial charge in [0.05, 0.1) is 13.1 Å². The summed E-state index contributed by atoms with van der Waals surface area (Å²) in [6.45, 7) is -0.441. The number of halogens is 3. The second kappa shape index (κ2) is 4.75. The molecule has 0 aromatic heterocycles. The molecule has 0 atom stereocenters. The Balaban J connectivity index is 1.87. The molecule has 0 aromatic carbocycles. The molecule has 2 rings (SSSR count). The summed E-state index contributed by atoms with van der Waals surface area (Å²) < 4.78 is 36.6. The fraction of sp³-hybridized carbons (Fsp3) is 0.800. The van der Waals surface area contributed by atoms with Crippen molar-refractivity contribution >= 4 is 11.9 Å². The SMILES string of the molecule is O=C1CNC(=O)N1C1CCN(CC(F)(F)F)CC1. The summed E-state index contributed by atoms with van der Waals surface area (Å²) in [4.78, 5) is 25.3. The van der Waals surface area contributed by atoms with Crippen LogP contribution in [-0.4, -0.2) is 60.1 Å². The molecule has 0 saturated carbocycles. The number of rotatable bonds is 2. The van der Waals surface area contributed by atoms with Crippen LogP contribution in [0, 0.1) is 0 Å². The van der Waals surface area contributed by atoms with E-state index in [1.54, 1.807) is 0 Å². The molecule has 3 amide bonds. The molecule has 2 heterocycles. The van der Waals surface area contributed by atoms with E-state index in [1.165, 1.54) is 4.90 Å². The molecule has 0 aliphatic carbocycles. The van der Waals surface area contributed by atoms with E-state index in [0.29, 0.717) is 12.8 Å². The highest BCUT2D eigenvalue weighted by Crippen LogP contribution is 2.22. The van der Waals surface area contributed by atoms with Gasteiger partial charge in [0.1, 0.15) is 0 Å². The first kappa shape index (κ1) is 13.1. The Kier molecular flexibility index (Phi) is 3.47. The summed E-state index contributed by atoms with van der Waals surface area (Å²) in [5, 5.41) is 2.41. The van der Waals surface area contributed by atoms with E-state index in [9.17, 15) is 22.8 Å². The minimum absolute atomic E-state index is 0.0123. The lowest BCUT2D eigenvalue weighted by molar-refractivity contribution is -0.149. The molecule has 0 aromatic rings. The largest absolute Gasteiger partial charge is 0.401 e. The average molecular weight is 265 g/mol. The van der Waals surface area contributed by atoms with E-state index >= 15 is 0 Å². The Hall–Kier alpha value is -1.31. The monoisotopic (exact) mass is 265 g/mol. The number of urea groups is 1. The minimum atomic E-state index is -4.20. The van der Waals surface area contributed by atoms with Gasteiger partial charge in [-0.1, -0.05) is 0 Å². The third-order valence-electron chi connectivity index (χ3n) is 3.20. The molecule has 0 bridgehead atoms. The lowest BCUT2D eigenvalue weighted by Crippen LogP contribution is -2.49. The van der Waals surface area contributed by atoms with Crippen LogP contribution in [0.3, 0.4) is 0 Å². The molecular weight excluding hydrogens is 251 g/mol. The Morgan fingerprint density at radius 1 is 1.22 bits per heavy atom. The van der Waals surface area contributed by atoms with Crippen LogP contribution >= 0.6 is 0 Å². The quantitative estimate of drug-likeness (QED) is 0.742. The van der Waals surface area contributed by atoms with Gasteiger partial charge >= 0.3 is 12.2 Å². The second-order valence-electron chi connectivity index (χ2n) is 4.54. The van der Waals surface area contributed by atoms with Gasteiger partial charge in [0.25, 0.3) is 0 Å². The summed E-state index contributed by atoms with van der Waals surface area (Å²) in [5.41, 5.74) is 0. The zero-order chi connectivity index (χ0) is 13.3. The zero-order valence-corrected chi connectivity index (χ0v) is 9.66. The van der Waals surface area contributed by atoms with Crippen LogP contribution in [0.25, 0.3) is 0 Å². The molecule has 0 radical (unpaired) electrons. The number of nitrogens with one attached hydrogen (secondary N) is 1. The molecule has 8 heteroatoms. The van der Waals surface area contributed by atoms with Gasteiger partial charge < -0.3 is 5.32 Å². The highest BCUT2D eigenvalue weighted by atomic mass is 19.4. The molecule has 18 heavy (non-hydrogen) atoms. The van der Waals surface area contributed by atoms with Crippen LogP contribution in [-0.2, 0) is 4.79 Å². The molecule has 102 valence electrons. The summed E-state index contributed by atoms with van der Waals surface area (Å²) in [6.07, 6.45) is -3.40. The molecular formula is C10H14F3N3O2. The van der Waals surface area contributed by atoms with Crippen molar-refractivity contribution in [2.24, 2.45) is 0 Å². The van der Waals surface area contributed by atoms with Gasteiger partial charge in [0.2, 0.25) is 5.91 Å². The molecule has 2 saturated heterocycles. The fourth-order valence-electron chi connectivity index (χ4n) is 2.39. The first-order chi connectivity index (χ1) is 8.37. The van der Waals surface area contributed by atoms with Gasteiger partial charge in [-0.25, -0.2) is 4.79 Å². The van der Waals surface area contributed by atoms with Gasteiger partial charge in [-0.15, -0.1) is 0 Å². The van der Waals surface area contributed by atoms with E-state index in [2.05, 4.69) is 5.32 Å². The van der Waals surface area contributed by atoms with Gasteiger partial charge in [-0.2, -0.15) is 13.2 Å². The third kappa shape index (κ3) is 2.92. The molecule has 5 nitrogen and oxygen atoms in total. The third-order valence-corrected chi connectivity index (χ3v) is 3.20. The fourth-order valence-corrected chi connectivity index (χ4v) is 2.39. The number of hydrogen-bond donors (Lipinski definition) is 1. The Morgan fingerprint density at radius 2 is 1.83 bits per heavy atom. The second-order valence-corrected chi connectivity index (χ2v) is 4.54. The van der Waals surface area contributed by atoms with Crippen LogP contribution in [0.15, 0.2) is 0 Å². The van der Waals surface area contributed by atoms with Crippen molar-refractivity contribution in [3.8, 4) is 0 Å². The van der Waals surface area contributed by atoms with E-state index in [0.717, 1.165) is 4.90 Å². The van der Waals surface area contributed by atoms with Crippen molar-refractivity contribution in [2.45, 2.75) is 25.1 Å². The van der Waals surface area contributed by atoms with E-state index in [-0.39, 0.29) is 31.6 Å². The zero-order valence-electron chi connectivity index (χ0n) is 9.66. The van der Waals surface area contributed by atoms with Gasteiger partial charge in [-0.05, 0) is 12.8 Å². The number of likely N-dealkylation sites (tertiary alicyclic amines) is 1. The summed E-state index contributed by atoms with van der Waals surface area (Å²) in [6, 6.07) is -0.709. The highest BCUT2D eigenvalue weighted by Gasteiger charge is 2.38. The van der Waals surface area contributed by atoms with E-state index < -0.39 is 18.8 Å². The van der Waals surface area contributed by atoms with Crippen LogP contribution in [0.5, 0.6) is 0 Å². The Labute approximate surface area is 102 Å². The van der Waals surface area contributed by atoms with Crippen LogP contribution in [0.4, 0.5) is 18.0 Å². The molecule has 0 unspecified atom stereocenters. The van der Waals surface area contributed by atoms with E-state index in [4.69, 9.17) is 0 Å². The predicted molar refractivity (Wildman–Crippen MR) is 55.8 cm³/mol. The number of nitrogens with zero attached hydrogens (tertiary/aromatic N) is 2. The lowest BCUT2D eigenvalue weighted by Gasteiger charge is -2.35. The number of piperidine rings is 1. The smallest absolute Gasteiger partial charge is 0.329 e. The Bertz CT molecular complexity index is 335. The summed E-state index contributed by atoms with van der Waals surface area (Å²) in [5.74, 6) is -0.297. The standard InChI is InChI=1S/C10H14F3N3O2/c11-10(12,13)6-15-3-1-7(2-4-15)16-8(17)5-14-9(16)18/h7H,1-6H2,(H,14,18).